The topological polar surface area (TPSA) is 84.2 Å². The van der Waals surface area contributed by atoms with Gasteiger partial charge in [0.25, 0.3) is 5.91 Å². The lowest BCUT2D eigenvalue weighted by molar-refractivity contribution is 0.0965. The molecule has 0 aliphatic heterocycles. The van der Waals surface area contributed by atoms with Crippen LogP contribution in [0.25, 0.3) is 11.1 Å². The number of nitrogen functional groups attached to an aromatic ring is 1. The molecular formula is C25H21N3O2S. The van der Waals surface area contributed by atoms with E-state index in [0.717, 1.165) is 16.8 Å². The molecule has 4 N–H and O–H groups in total. The molecular weight excluding hydrogens is 406 g/mol. The summed E-state index contributed by atoms with van der Waals surface area (Å²) in [5, 5.41) is 6.35. The second-order valence-corrected chi connectivity index (χ2v) is 7.91. The number of benzene rings is 3. The number of ketones is 1. The predicted molar refractivity (Wildman–Crippen MR) is 127 cm³/mol. The van der Waals surface area contributed by atoms with Crippen LogP contribution in [-0.4, -0.2) is 18.7 Å². The average molecular weight is 428 g/mol. The van der Waals surface area contributed by atoms with Gasteiger partial charge < -0.3 is 16.4 Å². The summed E-state index contributed by atoms with van der Waals surface area (Å²) < 4.78 is 0. The summed E-state index contributed by atoms with van der Waals surface area (Å²) in [5.41, 5.74) is 10.2. The molecule has 5 nitrogen and oxygen atoms in total. The summed E-state index contributed by atoms with van der Waals surface area (Å²) >= 11 is 1.18. The molecule has 0 spiro atoms. The molecule has 31 heavy (non-hydrogen) atoms. The monoisotopic (exact) mass is 427 g/mol. The third-order valence-corrected chi connectivity index (χ3v) is 6.01. The van der Waals surface area contributed by atoms with Gasteiger partial charge in [-0.1, -0.05) is 72.8 Å². The number of nitrogens with one attached hydrogen (secondary N) is 2. The molecule has 154 valence electrons. The minimum absolute atomic E-state index is 0.180. The van der Waals surface area contributed by atoms with Gasteiger partial charge in [-0.3, -0.25) is 9.59 Å². The van der Waals surface area contributed by atoms with Gasteiger partial charge in [0.2, 0.25) is 5.78 Å². The number of hydrogen-bond acceptors (Lipinski definition) is 5. The van der Waals surface area contributed by atoms with Crippen molar-refractivity contribution in [3.63, 3.8) is 0 Å². The molecule has 1 heterocycles. The van der Waals surface area contributed by atoms with Crippen LogP contribution in [0.4, 0.5) is 16.4 Å². The van der Waals surface area contributed by atoms with Gasteiger partial charge in [0.1, 0.15) is 9.88 Å². The molecule has 0 bridgehead atoms. The van der Waals surface area contributed by atoms with Gasteiger partial charge in [-0.2, -0.15) is 0 Å². The zero-order valence-electron chi connectivity index (χ0n) is 16.9. The van der Waals surface area contributed by atoms with Crippen LogP contribution in [0.2, 0.25) is 0 Å². The van der Waals surface area contributed by atoms with Crippen LogP contribution >= 0.6 is 11.3 Å². The van der Waals surface area contributed by atoms with Gasteiger partial charge in [0.15, 0.2) is 0 Å². The lowest BCUT2D eigenvalue weighted by atomic mass is 10.0. The predicted octanol–water partition coefficient (Wildman–Crippen LogP) is 5.33. The van der Waals surface area contributed by atoms with E-state index in [4.69, 9.17) is 5.73 Å². The molecule has 0 aliphatic rings. The van der Waals surface area contributed by atoms with Crippen molar-refractivity contribution in [3.8, 4) is 11.1 Å². The quantitative estimate of drug-likeness (QED) is 0.363. The standard InChI is InChI=1S/C25H21N3O2S/c1-27-24(30)20-21(26)23(31-25(20)28-19-10-6-3-7-11-19)22(29)18-14-12-17(13-15-18)16-8-4-2-5-9-16/h2-15,28H,26H2,1H3,(H,27,30). The first-order valence-corrected chi connectivity index (χ1v) is 10.6. The molecule has 0 atom stereocenters. The second kappa shape index (κ2) is 8.85. The average Bonchev–Trinajstić information content (AvgIpc) is 3.15. The number of nitrogens with two attached hydrogens (primary N) is 1. The van der Waals surface area contributed by atoms with E-state index in [1.807, 2.05) is 72.8 Å². The lowest BCUT2D eigenvalue weighted by Crippen LogP contribution is -2.19. The second-order valence-electron chi connectivity index (χ2n) is 6.89. The molecule has 0 aliphatic carbocycles. The molecule has 0 saturated heterocycles. The number of para-hydroxylation sites is 1. The Hall–Kier alpha value is -3.90. The van der Waals surface area contributed by atoms with E-state index < -0.39 is 0 Å². The summed E-state index contributed by atoms with van der Waals surface area (Å²) in [6.07, 6.45) is 0. The fourth-order valence-electron chi connectivity index (χ4n) is 3.28. The maximum atomic E-state index is 13.2. The normalized spacial score (nSPS) is 10.5. The van der Waals surface area contributed by atoms with Crippen molar-refractivity contribution in [1.29, 1.82) is 0 Å². The lowest BCUT2D eigenvalue weighted by Gasteiger charge is -2.07. The molecule has 4 rings (SSSR count). The van der Waals surface area contributed by atoms with E-state index in [9.17, 15) is 9.59 Å². The largest absolute Gasteiger partial charge is 0.397 e. The first-order chi connectivity index (χ1) is 15.1. The highest BCUT2D eigenvalue weighted by atomic mass is 32.1. The minimum atomic E-state index is -0.342. The molecule has 6 heteroatoms. The van der Waals surface area contributed by atoms with Crippen LogP contribution in [0, 0.1) is 0 Å². The van der Waals surface area contributed by atoms with E-state index in [1.54, 1.807) is 12.1 Å². The first-order valence-electron chi connectivity index (χ1n) is 9.75. The summed E-state index contributed by atoms with van der Waals surface area (Å²) in [7, 11) is 1.54. The number of carbonyl (C=O) groups is 2. The molecule has 3 aromatic carbocycles. The van der Waals surface area contributed by atoms with Crippen LogP contribution in [0.5, 0.6) is 0 Å². The number of thiophene rings is 1. The summed E-state index contributed by atoms with van der Waals surface area (Å²) in [6.45, 7) is 0. The van der Waals surface area contributed by atoms with Crippen molar-refractivity contribution in [2.75, 3.05) is 18.1 Å². The van der Waals surface area contributed by atoms with E-state index in [-0.39, 0.29) is 22.9 Å². The molecule has 1 aromatic heterocycles. The summed E-state index contributed by atoms with van der Waals surface area (Å²) in [6, 6.07) is 26.8. The Morgan fingerprint density at radius 1 is 0.806 bits per heavy atom. The van der Waals surface area contributed by atoms with E-state index in [0.29, 0.717) is 15.4 Å². The van der Waals surface area contributed by atoms with Crippen molar-refractivity contribution in [2.45, 2.75) is 0 Å². The van der Waals surface area contributed by atoms with Gasteiger partial charge in [0.05, 0.1) is 11.3 Å². The third kappa shape index (κ3) is 4.20. The number of rotatable bonds is 6. The zero-order chi connectivity index (χ0) is 21.8. The number of carbonyl (C=O) groups excluding carboxylic acids is 2. The fourth-order valence-corrected chi connectivity index (χ4v) is 4.38. The maximum absolute atomic E-state index is 13.2. The van der Waals surface area contributed by atoms with Crippen LogP contribution in [0.1, 0.15) is 25.6 Å². The Labute approximate surface area is 184 Å². The Bertz CT molecular complexity index is 1220. The van der Waals surface area contributed by atoms with Crippen LogP contribution in [-0.2, 0) is 0 Å². The Kier molecular flexibility index (Phi) is 5.82. The van der Waals surface area contributed by atoms with Crippen molar-refractivity contribution in [1.82, 2.24) is 5.32 Å². The van der Waals surface area contributed by atoms with Gasteiger partial charge in [-0.05, 0) is 23.3 Å². The molecule has 0 saturated carbocycles. The summed E-state index contributed by atoms with van der Waals surface area (Å²) in [4.78, 5) is 26.0. The number of amides is 1. The fraction of sp³-hybridized carbons (Fsp3) is 0.0400. The molecule has 0 radical (unpaired) electrons. The van der Waals surface area contributed by atoms with Crippen molar-refractivity contribution in [3.05, 3.63) is 101 Å². The van der Waals surface area contributed by atoms with Gasteiger partial charge >= 0.3 is 0 Å². The molecule has 1 amide bonds. The highest BCUT2D eigenvalue weighted by Crippen LogP contribution is 2.39. The number of hydrogen-bond donors (Lipinski definition) is 3. The van der Waals surface area contributed by atoms with E-state index in [1.165, 1.54) is 18.4 Å². The third-order valence-electron chi connectivity index (χ3n) is 4.89. The molecule has 4 aromatic rings. The zero-order valence-corrected chi connectivity index (χ0v) is 17.7. The van der Waals surface area contributed by atoms with E-state index in [2.05, 4.69) is 10.6 Å². The van der Waals surface area contributed by atoms with Crippen molar-refractivity contribution >= 4 is 39.4 Å². The van der Waals surface area contributed by atoms with Gasteiger partial charge in [0, 0.05) is 18.3 Å². The van der Waals surface area contributed by atoms with E-state index >= 15 is 0 Å². The van der Waals surface area contributed by atoms with Gasteiger partial charge in [-0.25, -0.2) is 0 Å². The van der Waals surface area contributed by atoms with Gasteiger partial charge in [-0.15, -0.1) is 11.3 Å². The molecule has 0 unspecified atom stereocenters. The Morgan fingerprint density at radius 2 is 1.39 bits per heavy atom. The Morgan fingerprint density at radius 3 is 2.00 bits per heavy atom. The highest BCUT2D eigenvalue weighted by molar-refractivity contribution is 7.19. The first kappa shape index (κ1) is 20.4. The Balaban J connectivity index is 1.68. The maximum Gasteiger partial charge on any atom is 0.256 e. The van der Waals surface area contributed by atoms with Crippen molar-refractivity contribution in [2.24, 2.45) is 0 Å². The summed E-state index contributed by atoms with van der Waals surface area (Å²) in [5.74, 6) is -0.556. The smallest absolute Gasteiger partial charge is 0.256 e. The van der Waals surface area contributed by atoms with Crippen molar-refractivity contribution < 1.29 is 9.59 Å². The van der Waals surface area contributed by atoms with Crippen LogP contribution < -0.4 is 16.4 Å². The minimum Gasteiger partial charge on any atom is -0.397 e. The SMILES string of the molecule is CNC(=O)c1c(Nc2ccccc2)sc(C(=O)c2ccc(-c3ccccc3)cc2)c1N. The highest BCUT2D eigenvalue weighted by Gasteiger charge is 2.26. The molecule has 0 fully saturated rings. The van der Waals surface area contributed by atoms with Crippen LogP contribution in [0.15, 0.2) is 84.9 Å². The number of anilines is 3. The van der Waals surface area contributed by atoms with Crippen LogP contribution in [0.3, 0.4) is 0 Å².